The van der Waals surface area contributed by atoms with Gasteiger partial charge in [0.15, 0.2) is 16.9 Å². The van der Waals surface area contributed by atoms with E-state index in [-0.39, 0.29) is 35.2 Å². The predicted molar refractivity (Wildman–Crippen MR) is 114 cm³/mol. The summed E-state index contributed by atoms with van der Waals surface area (Å²) in [5.41, 5.74) is 0.327. The maximum absolute atomic E-state index is 12.8. The molecule has 0 radical (unpaired) electrons. The highest BCUT2D eigenvalue weighted by atomic mass is 35.5. The number of imidazole rings is 1. The van der Waals surface area contributed by atoms with Gasteiger partial charge >= 0.3 is 5.69 Å². The van der Waals surface area contributed by atoms with Crippen molar-refractivity contribution in [1.82, 2.24) is 23.7 Å². The monoisotopic (exact) mass is 427 g/mol. The smallest absolute Gasteiger partial charge is 0.332 e. The van der Waals surface area contributed by atoms with Gasteiger partial charge in [0, 0.05) is 31.1 Å². The van der Waals surface area contributed by atoms with Crippen LogP contribution in [0.5, 0.6) is 5.88 Å². The normalized spacial score (nSPS) is 12.6. The zero-order chi connectivity index (χ0) is 21.6. The quantitative estimate of drug-likeness (QED) is 0.485. The van der Waals surface area contributed by atoms with E-state index in [0.717, 1.165) is 4.57 Å². The van der Waals surface area contributed by atoms with Crippen molar-refractivity contribution in [3.8, 4) is 5.88 Å². The van der Waals surface area contributed by atoms with Gasteiger partial charge in [0.05, 0.1) is 5.52 Å². The van der Waals surface area contributed by atoms with Crippen molar-refractivity contribution in [2.45, 2.75) is 13.5 Å². The van der Waals surface area contributed by atoms with Gasteiger partial charge in [-0.3, -0.25) is 18.5 Å². The van der Waals surface area contributed by atoms with Crippen LogP contribution in [-0.2, 0) is 20.6 Å². The van der Waals surface area contributed by atoms with Crippen molar-refractivity contribution < 1.29 is 5.11 Å². The summed E-state index contributed by atoms with van der Waals surface area (Å²) in [7, 11) is 2.92. The lowest BCUT2D eigenvalue weighted by molar-refractivity contribution is 0.459. The number of benzene rings is 1. The number of hydrogen-bond acceptors (Lipinski definition) is 6. The number of hydrogen-bond donors (Lipinski definition) is 2. The highest BCUT2D eigenvalue weighted by Crippen LogP contribution is 2.36. The number of halogens is 1. The minimum Gasteiger partial charge on any atom is -0.493 e. The standard InChI is InChI=1S/C19H18ClN7O3/c1-10(20)8-9-27-14-15(25(2)19(30)26(3)17(14)29)22-18(27)24-23-13-11-6-4-5-7-12(11)21-16(13)28/h4-8,21,28H,9H2,1-3H3. The highest BCUT2D eigenvalue weighted by Gasteiger charge is 2.19. The molecule has 0 aliphatic carbocycles. The number of nitrogens with zero attached hydrogens (tertiary/aromatic N) is 6. The van der Waals surface area contributed by atoms with Crippen LogP contribution in [0.25, 0.3) is 22.1 Å². The largest absolute Gasteiger partial charge is 0.493 e. The molecule has 0 unspecified atom stereocenters. The number of rotatable bonds is 4. The van der Waals surface area contributed by atoms with Gasteiger partial charge < -0.3 is 10.1 Å². The summed E-state index contributed by atoms with van der Waals surface area (Å²) in [4.78, 5) is 32.2. The molecule has 0 atom stereocenters. The molecule has 0 spiro atoms. The summed E-state index contributed by atoms with van der Waals surface area (Å²) in [6.07, 6.45) is 1.69. The molecule has 30 heavy (non-hydrogen) atoms. The molecule has 4 aromatic rings. The number of aromatic hydroxyl groups is 1. The van der Waals surface area contributed by atoms with E-state index in [1.165, 1.54) is 23.2 Å². The number of azo groups is 1. The number of allylic oxidation sites excluding steroid dienone is 2. The zero-order valence-electron chi connectivity index (χ0n) is 16.4. The number of para-hydroxylation sites is 1. The fraction of sp³-hybridized carbons (Fsp3) is 0.211. The molecule has 0 aliphatic heterocycles. The number of fused-ring (bicyclic) bond motifs is 2. The Hall–Kier alpha value is -3.66. The van der Waals surface area contributed by atoms with E-state index in [1.54, 1.807) is 25.1 Å². The van der Waals surface area contributed by atoms with E-state index in [9.17, 15) is 14.7 Å². The zero-order valence-corrected chi connectivity index (χ0v) is 17.2. The molecule has 0 bridgehead atoms. The maximum atomic E-state index is 12.8. The Labute approximate surface area is 174 Å². The van der Waals surface area contributed by atoms with Crippen LogP contribution in [0.4, 0.5) is 11.6 Å². The van der Waals surface area contributed by atoms with E-state index in [0.29, 0.717) is 15.9 Å². The first-order chi connectivity index (χ1) is 14.3. The molecule has 0 fully saturated rings. The first kappa shape index (κ1) is 19.6. The summed E-state index contributed by atoms with van der Waals surface area (Å²) in [5, 5.41) is 19.7. The summed E-state index contributed by atoms with van der Waals surface area (Å²) < 4.78 is 3.80. The summed E-state index contributed by atoms with van der Waals surface area (Å²) in [6, 6.07) is 7.24. The second kappa shape index (κ2) is 7.30. The first-order valence-electron chi connectivity index (χ1n) is 8.99. The Balaban J connectivity index is 1.96. The number of aromatic nitrogens is 5. The van der Waals surface area contributed by atoms with Gasteiger partial charge in [0.2, 0.25) is 5.88 Å². The molecular formula is C19H18ClN7O3. The molecule has 0 aliphatic rings. The van der Waals surface area contributed by atoms with Gasteiger partial charge in [-0.1, -0.05) is 35.9 Å². The lowest BCUT2D eigenvalue weighted by Gasteiger charge is -2.05. The van der Waals surface area contributed by atoms with Crippen molar-refractivity contribution in [3.05, 3.63) is 56.2 Å². The lowest BCUT2D eigenvalue weighted by atomic mass is 10.2. The number of H-pyrrole nitrogens is 1. The van der Waals surface area contributed by atoms with E-state index < -0.39 is 11.2 Å². The Bertz CT molecular complexity index is 1470. The first-order valence-corrected chi connectivity index (χ1v) is 9.37. The molecule has 10 nitrogen and oxygen atoms in total. The van der Waals surface area contributed by atoms with Crippen LogP contribution >= 0.6 is 11.6 Å². The van der Waals surface area contributed by atoms with Gasteiger partial charge in [-0.15, -0.1) is 10.2 Å². The van der Waals surface area contributed by atoms with Gasteiger partial charge in [0.25, 0.3) is 11.5 Å². The third-order valence-electron chi connectivity index (χ3n) is 4.78. The summed E-state index contributed by atoms with van der Waals surface area (Å²) in [6.45, 7) is 1.91. The Morgan fingerprint density at radius 1 is 1.23 bits per heavy atom. The fourth-order valence-corrected chi connectivity index (χ4v) is 3.28. The molecule has 1 aromatic carbocycles. The molecule has 11 heteroatoms. The van der Waals surface area contributed by atoms with Crippen LogP contribution in [0.3, 0.4) is 0 Å². The minimum absolute atomic E-state index is 0.0992. The molecule has 0 amide bonds. The molecule has 4 rings (SSSR count). The van der Waals surface area contributed by atoms with E-state index in [4.69, 9.17) is 11.6 Å². The van der Waals surface area contributed by atoms with Gasteiger partial charge in [-0.25, -0.2) is 4.79 Å². The maximum Gasteiger partial charge on any atom is 0.332 e. The van der Waals surface area contributed by atoms with Crippen LogP contribution in [-0.4, -0.2) is 28.8 Å². The number of nitrogens with one attached hydrogen (secondary N) is 1. The van der Waals surface area contributed by atoms with Gasteiger partial charge in [-0.2, -0.15) is 4.98 Å². The van der Waals surface area contributed by atoms with Gasteiger partial charge in [0.1, 0.15) is 0 Å². The molecule has 3 heterocycles. The fourth-order valence-electron chi connectivity index (χ4n) is 3.21. The highest BCUT2D eigenvalue weighted by molar-refractivity contribution is 6.29. The third kappa shape index (κ3) is 3.11. The minimum atomic E-state index is -0.502. The average molecular weight is 428 g/mol. The van der Waals surface area contributed by atoms with Crippen molar-refractivity contribution in [3.63, 3.8) is 0 Å². The van der Waals surface area contributed by atoms with Crippen molar-refractivity contribution in [1.29, 1.82) is 0 Å². The summed E-state index contributed by atoms with van der Waals surface area (Å²) >= 11 is 5.97. The third-order valence-corrected chi connectivity index (χ3v) is 4.94. The Morgan fingerprint density at radius 2 is 1.97 bits per heavy atom. The van der Waals surface area contributed by atoms with Crippen molar-refractivity contribution in [2.24, 2.45) is 24.3 Å². The SMILES string of the molecule is CC(Cl)=CCn1c(N=Nc2c(O)[nH]c3ccccc23)nc2c1c(=O)n(C)c(=O)n2C. The second-order valence-electron chi connectivity index (χ2n) is 6.76. The van der Waals surface area contributed by atoms with E-state index in [2.05, 4.69) is 20.2 Å². The van der Waals surface area contributed by atoms with Crippen LogP contribution in [0.2, 0.25) is 0 Å². The molecule has 0 saturated carbocycles. The molecular weight excluding hydrogens is 410 g/mol. The summed E-state index contributed by atoms with van der Waals surface area (Å²) in [5.74, 6) is -0.0374. The second-order valence-corrected chi connectivity index (χ2v) is 7.36. The van der Waals surface area contributed by atoms with Crippen LogP contribution in [0.1, 0.15) is 6.92 Å². The Morgan fingerprint density at radius 3 is 2.70 bits per heavy atom. The van der Waals surface area contributed by atoms with E-state index >= 15 is 0 Å². The van der Waals surface area contributed by atoms with E-state index in [1.807, 2.05) is 12.1 Å². The molecule has 154 valence electrons. The van der Waals surface area contributed by atoms with Crippen LogP contribution < -0.4 is 11.2 Å². The topological polar surface area (TPSA) is 123 Å². The molecule has 0 saturated heterocycles. The molecule has 2 N–H and O–H groups in total. The number of aromatic amines is 1. The van der Waals surface area contributed by atoms with Crippen molar-refractivity contribution in [2.75, 3.05) is 0 Å². The number of aryl methyl sites for hydroxylation is 1. The molecule has 3 aromatic heterocycles. The van der Waals surface area contributed by atoms with Crippen LogP contribution in [0, 0.1) is 0 Å². The van der Waals surface area contributed by atoms with Gasteiger partial charge in [-0.05, 0) is 13.0 Å². The predicted octanol–water partition coefficient (Wildman–Crippen LogP) is 3.18. The lowest BCUT2D eigenvalue weighted by Crippen LogP contribution is -2.37. The average Bonchev–Trinajstić information content (AvgIpc) is 3.24. The van der Waals surface area contributed by atoms with Crippen molar-refractivity contribution >= 4 is 45.3 Å². The Kier molecular flexibility index (Phi) is 4.78. The van der Waals surface area contributed by atoms with Crippen LogP contribution in [0.15, 0.2) is 55.2 Å².